The molecule has 94 valence electrons. The van der Waals surface area contributed by atoms with Gasteiger partial charge in [0.25, 0.3) is 0 Å². The van der Waals surface area contributed by atoms with E-state index in [4.69, 9.17) is 9.84 Å². The highest BCUT2D eigenvalue weighted by molar-refractivity contribution is 5.68. The molecule has 0 aliphatic heterocycles. The molecule has 3 heteroatoms. The van der Waals surface area contributed by atoms with E-state index in [1.807, 2.05) is 24.3 Å². The predicted octanol–water partition coefficient (Wildman–Crippen LogP) is 3.44. The summed E-state index contributed by atoms with van der Waals surface area (Å²) < 4.78 is 5.67. The van der Waals surface area contributed by atoms with E-state index in [1.165, 1.54) is 5.56 Å². The van der Waals surface area contributed by atoms with Gasteiger partial charge in [-0.3, -0.25) is 4.79 Å². The molecular formula is C14H20O3. The van der Waals surface area contributed by atoms with E-state index >= 15 is 0 Å². The van der Waals surface area contributed by atoms with Gasteiger partial charge in [0.2, 0.25) is 0 Å². The number of ether oxygens (including phenoxy) is 1. The highest BCUT2D eigenvalue weighted by Crippen LogP contribution is 2.23. The first-order chi connectivity index (χ1) is 7.80. The number of rotatable bonds is 5. The average Bonchev–Trinajstić information content (AvgIpc) is 2.15. The Bertz CT molecular complexity index is 377. The van der Waals surface area contributed by atoms with E-state index in [0.717, 1.165) is 0 Å². The minimum absolute atomic E-state index is 0.0149. The standard InChI is InChI=1S/C14H20O3/c1-10(2)11-5-7-12(8-6-11)17-14(3,4)9-13(15)16/h5-8,10H,9H2,1-4H3,(H,15,16). The van der Waals surface area contributed by atoms with Crippen LogP contribution < -0.4 is 4.74 Å². The van der Waals surface area contributed by atoms with Gasteiger partial charge in [0.1, 0.15) is 11.4 Å². The minimum atomic E-state index is -0.853. The Kier molecular flexibility index (Phi) is 4.16. The fourth-order valence-corrected chi connectivity index (χ4v) is 1.64. The lowest BCUT2D eigenvalue weighted by molar-refractivity contribution is -0.140. The topological polar surface area (TPSA) is 46.5 Å². The zero-order valence-electron chi connectivity index (χ0n) is 10.9. The Labute approximate surface area is 102 Å². The molecule has 0 heterocycles. The molecule has 0 aliphatic carbocycles. The van der Waals surface area contributed by atoms with Crippen molar-refractivity contribution >= 4 is 5.97 Å². The summed E-state index contributed by atoms with van der Waals surface area (Å²) in [6.07, 6.45) is -0.0149. The zero-order chi connectivity index (χ0) is 13.1. The van der Waals surface area contributed by atoms with Gasteiger partial charge in [-0.15, -0.1) is 0 Å². The van der Waals surface area contributed by atoms with Gasteiger partial charge in [0.05, 0.1) is 6.42 Å². The summed E-state index contributed by atoms with van der Waals surface area (Å²) in [6.45, 7) is 7.81. The van der Waals surface area contributed by atoms with Gasteiger partial charge in [0.15, 0.2) is 0 Å². The summed E-state index contributed by atoms with van der Waals surface area (Å²) in [7, 11) is 0. The molecule has 0 amide bonds. The SMILES string of the molecule is CC(C)c1ccc(OC(C)(C)CC(=O)O)cc1. The normalized spacial score (nSPS) is 11.6. The number of carboxylic acids is 1. The van der Waals surface area contributed by atoms with Gasteiger partial charge in [-0.1, -0.05) is 26.0 Å². The molecule has 1 aromatic carbocycles. The van der Waals surface area contributed by atoms with Gasteiger partial charge in [0, 0.05) is 0 Å². The second kappa shape index (κ2) is 5.21. The van der Waals surface area contributed by atoms with E-state index in [1.54, 1.807) is 13.8 Å². The van der Waals surface area contributed by atoms with Crippen molar-refractivity contribution in [1.29, 1.82) is 0 Å². The van der Waals surface area contributed by atoms with Crippen molar-refractivity contribution in [3.05, 3.63) is 29.8 Å². The van der Waals surface area contributed by atoms with Gasteiger partial charge in [-0.25, -0.2) is 0 Å². The molecule has 0 atom stereocenters. The number of aliphatic carboxylic acids is 1. The maximum absolute atomic E-state index is 10.7. The first-order valence-electron chi connectivity index (χ1n) is 5.81. The van der Waals surface area contributed by atoms with Crippen molar-refractivity contribution in [2.24, 2.45) is 0 Å². The molecule has 0 fully saturated rings. The van der Waals surface area contributed by atoms with Crippen molar-refractivity contribution in [3.8, 4) is 5.75 Å². The lowest BCUT2D eigenvalue weighted by Crippen LogP contribution is -2.31. The lowest BCUT2D eigenvalue weighted by atomic mass is 10.0. The molecule has 17 heavy (non-hydrogen) atoms. The van der Waals surface area contributed by atoms with Crippen LogP contribution in [0.1, 0.15) is 45.6 Å². The Morgan fingerprint density at radius 1 is 1.29 bits per heavy atom. The summed E-state index contributed by atoms with van der Waals surface area (Å²) >= 11 is 0. The van der Waals surface area contributed by atoms with Gasteiger partial charge >= 0.3 is 5.97 Å². The third-order valence-electron chi connectivity index (χ3n) is 2.52. The fourth-order valence-electron chi connectivity index (χ4n) is 1.64. The lowest BCUT2D eigenvalue weighted by Gasteiger charge is -2.24. The predicted molar refractivity (Wildman–Crippen MR) is 67.5 cm³/mol. The summed E-state index contributed by atoms with van der Waals surface area (Å²) in [6, 6.07) is 7.80. The van der Waals surface area contributed by atoms with E-state index in [2.05, 4.69) is 13.8 Å². The molecule has 0 bridgehead atoms. The molecule has 1 rings (SSSR count). The molecule has 0 saturated heterocycles. The van der Waals surface area contributed by atoms with Crippen molar-refractivity contribution in [2.45, 2.75) is 45.6 Å². The molecular weight excluding hydrogens is 216 g/mol. The van der Waals surface area contributed by atoms with Crippen LogP contribution in [0.2, 0.25) is 0 Å². The van der Waals surface area contributed by atoms with Crippen molar-refractivity contribution in [3.63, 3.8) is 0 Å². The third kappa shape index (κ3) is 4.47. The molecule has 1 aromatic rings. The molecule has 0 spiro atoms. The Balaban J connectivity index is 2.71. The van der Waals surface area contributed by atoms with E-state index in [9.17, 15) is 4.79 Å². The molecule has 3 nitrogen and oxygen atoms in total. The van der Waals surface area contributed by atoms with E-state index < -0.39 is 11.6 Å². The molecule has 0 saturated carbocycles. The van der Waals surface area contributed by atoms with Gasteiger partial charge < -0.3 is 9.84 Å². The summed E-state index contributed by atoms with van der Waals surface area (Å²) in [5.74, 6) is 0.338. The van der Waals surface area contributed by atoms with Crippen LogP contribution in [0.4, 0.5) is 0 Å². The average molecular weight is 236 g/mol. The van der Waals surface area contributed by atoms with Crippen LogP contribution in [-0.2, 0) is 4.79 Å². The van der Waals surface area contributed by atoms with Gasteiger partial charge in [-0.05, 0) is 37.5 Å². The molecule has 0 radical (unpaired) electrons. The van der Waals surface area contributed by atoms with Gasteiger partial charge in [-0.2, -0.15) is 0 Å². The quantitative estimate of drug-likeness (QED) is 0.851. The Morgan fingerprint density at radius 2 is 1.82 bits per heavy atom. The molecule has 1 N–H and O–H groups in total. The smallest absolute Gasteiger partial charge is 0.307 e. The van der Waals surface area contributed by atoms with Crippen LogP contribution in [0.15, 0.2) is 24.3 Å². The minimum Gasteiger partial charge on any atom is -0.487 e. The van der Waals surface area contributed by atoms with Crippen molar-refractivity contribution < 1.29 is 14.6 Å². The maximum Gasteiger partial charge on any atom is 0.307 e. The van der Waals surface area contributed by atoms with Crippen LogP contribution in [0, 0.1) is 0 Å². The second-order valence-corrected chi connectivity index (χ2v) is 5.16. The highest BCUT2D eigenvalue weighted by atomic mass is 16.5. The summed E-state index contributed by atoms with van der Waals surface area (Å²) in [5, 5.41) is 8.76. The largest absolute Gasteiger partial charge is 0.487 e. The Hall–Kier alpha value is -1.51. The highest BCUT2D eigenvalue weighted by Gasteiger charge is 2.23. The third-order valence-corrected chi connectivity index (χ3v) is 2.52. The Morgan fingerprint density at radius 3 is 2.24 bits per heavy atom. The molecule has 0 aromatic heterocycles. The number of carboxylic acid groups (broad SMARTS) is 1. The second-order valence-electron chi connectivity index (χ2n) is 5.16. The van der Waals surface area contributed by atoms with Crippen LogP contribution in [0.3, 0.4) is 0 Å². The van der Waals surface area contributed by atoms with E-state index in [-0.39, 0.29) is 6.42 Å². The fraction of sp³-hybridized carbons (Fsp3) is 0.500. The first-order valence-corrected chi connectivity index (χ1v) is 5.81. The summed E-state index contributed by atoms with van der Waals surface area (Å²) in [4.78, 5) is 10.7. The van der Waals surface area contributed by atoms with Crippen molar-refractivity contribution in [2.75, 3.05) is 0 Å². The monoisotopic (exact) mass is 236 g/mol. The van der Waals surface area contributed by atoms with Crippen LogP contribution in [-0.4, -0.2) is 16.7 Å². The van der Waals surface area contributed by atoms with Crippen LogP contribution >= 0.6 is 0 Å². The molecule has 0 aliphatic rings. The number of carbonyl (C=O) groups is 1. The van der Waals surface area contributed by atoms with Crippen LogP contribution in [0.25, 0.3) is 0 Å². The first kappa shape index (κ1) is 13.6. The van der Waals surface area contributed by atoms with E-state index in [0.29, 0.717) is 11.7 Å². The number of hydrogen-bond donors (Lipinski definition) is 1. The van der Waals surface area contributed by atoms with Crippen LogP contribution in [0.5, 0.6) is 5.75 Å². The summed E-state index contributed by atoms with van der Waals surface area (Å²) in [5.41, 5.74) is 0.555. The maximum atomic E-state index is 10.7. The number of hydrogen-bond acceptors (Lipinski definition) is 2. The number of benzene rings is 1. The molecule has 0 unspecified atom stereocenters. The zero-order valence-corrected chi connectivity index (χ0v) is 10.9. The van der Waals surface area contributed by atoms with Crippen molar-refractivity contribution in [1.82, 2.24) is 0 Å².